The van der Waals surface area contributed by atoms with Crippen LogP contribution >= 0.6 is 19.3 Å². The third-order valence-corrected chi connectivity index (χ3v) is 7.36. The molecular formula is C22H26ClF3N3O9P. The number of ether oxygens (including phenoxy) is 2. The van der Waals surface area contributed by atoms with Gasteiger partial charge in [-0.25, -0.2) is 22.5 Å². The molecule has 1 aromatic heterocycles. The van der Waals surface area contributed by atoms with Crippen molar-refractivity contribution in [1.82, 2.24) is 14.6 Å². The predicted octanol–water partition coefficient (Wildman–Crippen LogP) is 2.56. The number of nitrogens with zero attached hydrogens (tertiary/aromatic N) is 1. The van der Waals surface area contributed by atoms with E-state index in [-0.39, 0.29) is 5.75 Å². The first-order chi connectivity index (χ1) is 18.2. The summed E-state index contributed by atoms with van der Waals surface area (Å²) in [6, 6.07) is 6.01. The van der Waals surface area contributed by atoms with Crippen LogP contribution in [0.4, 0.5) is 13.2 Å². The van der Waals surface area contributed by atoms with Crippen LogP contribution in [-0.4, -0.2) is 63.7 Å². The number of H-pyrrole nitrogens is 1. The van der Waals surface area contributed by atoms with Crippen molar-refractivity contribution < 1.29 is 46.2 Å². The molecule has 216 valence electrons. The Hall–Kier alpha value is -2.68. The molecule has 12 nitrogen and oxygen atoms in total. The van der Waals surface area contributed by atoms with Gasteiger partial charge in [-0.2, -0.15) is 5.09 Å². The first-order valence-corrected chi connectivity index (χ1v) is 13.4. The normalized spacial score (nSPS) is 25.4. The van der Waals surface area contributed by atoms with Crippen LogP contribution in [0.15, 0.2) is 46.1 Å². The number of nitrogens with one attached hydrogen (secondary N) is 2. The maximum Gasteiger partial charge on any atom is 0.459 e. The molecule has 0 spiro atoms. The summed E-state index contributed by atoms with van der Waals surface area (Å²) in [5, 5.41) is 12.2. The van der Waals surface area contributed by atoms with Gasteiger partial charge < -0.3 is 19.1 Å². The Morgan fingerprint density at radius 2 is 1.92 bits per heavy atom. The molecule has 17 heteroatoms. The molecule has 0 radical (unpaired) electrons. The maximum atomic E-state index is 15.1. The van der Waals surface area contributed by atoms with E-state index in [1.165, 1.54) is 31.2 Å². The van der Waals surface area contributed by atoms with Crippen LogP contribution in [0.5, 0.6) is 5.75 Å². The molecule has 6 atom stereocenters. The second-order valence-electron chi connectivity index (χ2n) is 8.81. The number of carbonyl (C=O) groups excluding carboxylic acids is 1. The number of aliphatic hydroxyl groups is 1. The van der Waals surface area contributed by atoms with E-state index < -0.39 is 79.3 Å². The quantitative estimate of drug-likeness (QED) is 0.259. The van der Waals surface area contributed by atoms with Crippen molar-refractivity contribution in [2.45, 2.75) is 63.4 Å². The summed E-state index contributed by atoms with van der Waals surface area (Å²) < 4.78 is 78.6. The summed E-state index contributed by atoms with van der Waals surface area (Å²) >= 11 is 5.67. The van der Waals surface area contributed by atoms with Gasteiger partial charge in [0.05, 0.1) is 12.7 Å². The number of para-hydroxylation sites is 1. The molecule has 0 bridgehead atoms. The average Bonchev–Trinajstić information content (AvgIpc) is 3.11. The molecule has 1 fully saturated rings. The lowest BCUT2D eigenvalue weighted by Gasteiger charge is -2.32. The van der Waals surface area contributed by atoms with Gasteiger partial charge in [-0.3, -0.25) is 23.7 Å². The molecule has 1 saturated heterocycles. The molecule has 6 unspecified atom stereocenters. The van der Waals surface area contributed by atoms with Crippen molar-refractivity contribution in [1.29, 1.82) is 0 Å². The van der Waals surface area contributed by atoms with E-state index in [2.05, 4.69) is 5.09 Å². The van der Waals surface area contributed by atoms with E-state index in [9.17, 15) is 32.8 Å². The Kier molecular flexibility index (Phi) is 9.68. The SMILES string of the molecule is CC(C)OC(=O)C(C)NP(=O)(OCC1(C(F)F)OC(n2cc(Cl)c(=O)[nH]c2=O)C(F)C1O)Oc1ccccc1. The number of halogens is 4. The van der Waals surface area contributed by atoms with Crippen LogP contribution in [0.1, 0.15) is 27.0 Å². The van der Waals surface area contributed by atoms with Gasteiger partial charge >= 0.3 is 19.4 Å². The Labute approximate surface area is 224 Å². The highest BCUT2D eigenvalue weighted by atomic mass is 35.5. The summed E-state index contributed by atoms with van der Waals surface area (Å²) in [5.41, 5.74) is -5.46. The molecule has 3 rings (SSSR count). The number of hydrogen-bond donors (Lipinski definition) is 3. The van der Waals surface area contributed by atoms with Crippen molar-refractivity contribution in [2.75, 3.05) is 6.61 Å². The van der Waals surface area contributed by atoms with Crippen molar-refractivity contribution >= 4 is 25.3 Å². The second kappa shape index (κ2) is 12.2. The number of aliphatic hydroxyl groups excluding tert-OH is 1. The highest BCUT2D eigenvalue weighted by Crippen LogP contribution is 2.49. The van der Waals surface area contributed by atoms with Crippen molar-refractivity contribution in [3.63, 3.8) is 0 Å². The molecule has 2 aromatic rings. The largest absolute Gasteiger partial charge is 0.462 e. The zero-order valence-electron chi connectivity index (χ0n) is 20.8. The van der Waals surface area contributed by atoms with E-state index in [1.54, 1.807) is 24.9 Å². The van der Waals surface area contributed by atoms with Gasteiger partial charge in [0.15, 0.2) is 18.0 Å². The lowest BCUT2D eigenvalue weighted by Crippen LogP contribution is -2.52. The zero-order valence-corrected chi connectivity index (χ0v) is 22.4. The maximum absolute atomic E-state index is 15.1. The molecule has 0 aliphatic carbocycles. The summed E-state index contributed by atoms with van der Waals surface area (Å²) in [7, 11) is -4.73. The Morgan fingerprint density at radius 3 is 2.51 bits per heavy atom. The van der Waals surface area contributed by atoms with Gasteiger partial charge in [0.25, 0.3) is 12.0 Å². The topological polar surface area (TPSA) is 158 Å². The lowest BCUT2D eigenvalue weighted by molar-refractivity contribution is -0.192. The number of aromatic amines is 1. The van der Waals surface area contributed by atoms with Crippen LogP contribution in [0, 0.1) is 0 Å². The summed E-state index contributed by atoms with van der Waals surface area (Å²) in [6.07, 6.45) is -11.0. The predicted molar refractivity (Wildman–Crippen MR) is 131 cm³/mol. The number of benzene rings is 1. The second-order valence-corrected chi connectivity index (χ2v) is 10.9. The molecule has 0 saturated carbocycles. The van der Waals surface area contributed by atoms with E-state index in [0.717, 1.165) is 0 Å². The number of rotatable bonds is 11. The van der Waals surface area contributed by atoms with Crippen LogP contribution in [0.3, 0.4) is 0 Å². The fourth-order valence-electron chi connectivity index (χ4n) is 3.53. The number of aromatic nitrogens is 2. The number of alkyl halides is 3. The molecule has 39 heavy (non-hydrogen) atoms. The van der Waals surface area contributed by atoms with Crippen LogP contribution < -0.4 is 20.9 Å². The Bertz CT molecular complexity index is 1330. The number of hydrogen-bond acceptors (Lipinski definition) is 9. The molecular weight excluding hydrogens is 574 g/mol. The van der Waals surface area contributed by atoms with E-state index in [4.69, 9.17) is 30.1 Å². The minimum atomic E-state index is -4.73. The molecule has 1 aliphatic heterocycles. The first-order valence-electron chi connectivity index (χ1n) is 11.5. The van der Waals surface area contributed by atoms with E-state index in [0.29, 0.717) is 10.8 Å². The van der Waals surface area contributed by atoms with Gasteiger partial charge in [-0.15, -0.1) is 0 Å². The average molecular weight is 600 g/mol. The Morgan fingerprint density at radius 1 is 1.28 bits per heavy atom. The summed E-state index contributed by atoms with van der Waals surface area (Å²) in [6.45, 7) is 2.95. The molecule has 2 heterocycles. The van der Waals surface area contributed by atoms with Gasteiger partial charge in [0, 0.05) is 6.20 Å². The fraction of sp³-hybridized carbons (Fsp3) is 0.500. The summed E-state index contributed by atoms with van der Waals surface area (Å²) in [5.74, 6) is -0.920. The Balaban J connectivity index is 1.92. The zero-order chi connectivity index (χ0) is 29.1. The minimum absolute atomic E-state index is 0.0487. The first kappa shape index (κ1) is 30.9. The van der Waals surface area contributed by atoms with Gasteiger partial charge in [-0.1, -0.05) is 29.8 Å². The third kappa shape index (κ3) is 6.91. The standard InChI is InChI=1S/C22H26ClF3N3O9P/c1-11(2)36-19(32)12(3)28-39(34,38-13-7-5-4-6-8-13)35-10-22(20(25)26)16(30)15(24)18(37-22)29-9-14(23)17(31)27-21(29)33/h4-9,11-12,15-16,18,20,30H,10H2,1-3H3,(H,28,34)(H,27,31,33). The van der Waals surface area contributed by atoms with Gasteiger partial charge in [0.1, 0.15) is 22.9 Å². The fourth-order valence-corrected chi connectivity index (χ4v) is 5.21. The van der Waals surface area contributed by atoms with Crippen molar-refractivity contribution in [3.05, 3.63) is 62.4 Å². The van der Waals surface area contributed by atoms with E-state index >= 15 is 4.39 Å². The lowest BCUT2D eigenvalue weighted by atomic mass is 9.97. The smallest absolute Gasteiger partial charge is 0.459 e. The van der Waals surface area contributed by atoms with Crippen LogP contribution in [0.2, 0.25) is 5.02 Å². The van der Waals surface area contributed by atoms with Crippen molar-refractivity contribution in [3.8, 4) is 5.75 Å². The summed E-state index contributed by atoms with van der Waals surface area (Å²) in [4.78, 5) is 37.7. The monoisotopic (exact) mass is 599 g/mol. The third-order valence-electron chi connectivity index (χ3n) is 5.47. The van der Waals surface area contributed by atoms with E-state index in [1.807, 2.05) is 0 Å². The molecule has 3 N–H and O–H groups in total. The van der Waals surface area contributed by atoms with Crippen molar-refractivity contribution in [2.24, 2.45) is 0 Å². The van der Waals surface area contributed by atoms with Crippen LogP contribution in [-0.2, 0) is 23.4 Å². The minimum Gasteiger partial charge on any atom is -0.462 e. The number of esters is 1. The highest BCUT2D eigenvalue weighted by Gasteiger charge is 2.62. The van der Waals surface area contributed by atoms with Gasteiger partial charge in [0.2, 0.25) is 0 Å². The molecule has 1 aromatic carbocycles. The highest BCUT2D eigenvalue weighted by molar-refractivity contribution is 7.52. The molecule has 1 aliphatic rings. The molecule has 0 amide bonds. The van der Waals surface area contributed by atoms with Gasteiger partial charge in [-0.05, 0) is 32.9 Å². The van der Waals surface area contributed by atoms with Crippen LogP contribution in [0.25, 0.3) is 0 Å². The number of carbonyl (C=O) groups is 1.